The molecule has 3 aromatic heterocycles. The van der Waals surface area contributed by atoms with E-state index in [0.29, 0.717) is 49.8 Å². The first-order valence-corrected chi connectivity index (χ1v) is 12.7. The molecule has 5 rings (SSSR count). The molecule has 1 atom stereocenters. The van der Waals surface area contributed by atoms with E-state index >= 15 is 0 Å². The van der Waals surface area contributed by atoms with E-state index in [2.05, 4.69) is 39.4 Å². The molecule has 1 aliphatic rings. The van der Waals surface area contributed by atoms with E-state index in [4.69, 9.17) is 4.74 Å². The Morgan fingerprint density at radius 3 is 2.61 bits per heavy atom. The molecule has 0 saturated carbocycles. The number of hydrogen-bond acceptors (Lipinski definition) is 7. The highest BCUT2D eigenvalue weighted by Gasteiger charge is 2.24. The molecule has 0 unspecified atom stereocenters. The molecule has 1 aliphatic heterocycles. The maximum Gasteiger partial charge on any atom is 0.354 e. The number of carbonyl (C=O) groups excluding carboxylic acids is 1. The lowest BCUT2D eigenvalue weighted by Crippen LogP contribution is -2.45. The van der Waals surface area contributed by atoms with Crippen LogP contribution >= 0.6 is 0 Å². The predicted octanol–water partition coefficient (Wildman–Crippen LogP) is 3.71. The van der Waals surface area contributed by atoms with Gasteiger partial charge in [0.1, 0.15) is 11.6 Å². The number of rotatable bonds is 8. The number of benzene rings is 1. The first-order valence-electron chi connectivity index (χ1n) is 12.7. The van der Waals surface area contributed by atoms with Crippen molar-refractivity contribution in [2.45, 2.75) is 38.6 Å². The average molecular weight is 515 g/mol. The monoisotopic (exact) mass is 514 g/mol. The maximum absolute atomic E-state index is 12.9. The number of carboxylic acid groups (broad SMARTS) is 1. The summed E-state index contributed by atoms with van der Waals surface area (Å²) in [4.78, 5) is 34.9. The lowest BCUT2D eigenvalue weighted by Gasteiger charge is -2.33. The summed E-state index contributed by atoms with van der Waals surface area (Å²) < 4.78 is 7.63. The van der Waals surface area contributed by atoms with Gasteiger partial charge in [-0.05, 0) is 49.1 Å². The number of anilines is 1. The summed E-state index contributed by atoms with van der Waals surface area (Å²) in [6.45, 7) is 5.86. The van der Waals surface area contributed by atoms with Gasteiger partial charge in [0.25, 0.3) is 5.91 Å². The molecule has 0 aliphatic carbocycles. The molecule has 1 aromatic carbocycles. The minimum absolute atomic E-state index is 0.0189. The highest BCUT2D eigenvalue weighted by molar-refractivity contribution is 5.91. The van der Waals surface area contributed by atoms with Crippen molar-refractivity contribution in [3.8, 4) is 5.75 Å². The molecule has 0 bridgehead atoms. The van der Waals surface area contributed by atoms with Gasteiger partial charge in [-0.1, -0.05) is 43.3 Å². The number of pyridine rings is 2. The van der Waals surface area contributed by atoms with Gasteiger partial charge in [-0.15, -0.1) is 5.10 Å². The summed E-state index contributed by atoms with van der Waals surface area (Å²) in [6, 6.07) is 17.0. The number of aromatic carboxylic acids is 1. The van der Waals surface area contributed by atoms with Crippen LogP contribution < -0.4 is 15.0 Å². The minimum atomic E-state index is -1.05. The van der Waals surface area contributed by atoms with Crippen LogP contribution in [0.15, 0.2) is 60.8 Å². The second kappa shape index (κ2) is 10.9. The zero-order valence-electron chi connectivity index (χ0n) is 21.4. The topological polar surface area (TPSA) is 122 Å². The van der Waals surface area contributed by atoms with Crippen LogP contribution in [0, 0.1) is 6.92 Å². The van der Waals surface area contributed by atoms with Crippen LogP contribution in [0.1, 0.15) is 57.9 Å². The van der Waals surface area contributed by atoms with Crippen LogP contribution in [0.2, 0.25) is 0 Å². The molecule has 1 saturated heterocycles. The zero-order chi connectivity index (χ0) is 26.6. The van der Waals surface area contributed by atoms with Gasteiger partial charge in [0, 0.05) is 25.0 Å². The summed E-state index contributed by atoms with van der Waals surface area (Å²) in [5, 5.41) is 16.6. The third kappa shape index (κ3) is 5.59. The van der Waals surface area contributed by atoms with E-state index < -0.39 is 5.97 Å². The molecular formula is C28H30N6O4. The van der Waals surface area contributed by atoms with Crippen molar-refractivity contribution in [3.63, 3.8) is 0 Å². The quantitative estimate of drug-likeness (QED) is 0.365. The summed E-state index contributed by atoms with van der Waals surface area (Å²) in [6.07, 6.45) is 3.16. The molecule has 1 fully saturated rings. The number of fused-ring (bicyclic) bond motifs is 1. The molecule has 10 heteroatoms. The molecular weight excluding hydrogens is 484 g/mol. The fourth-order valence-electron chi connectivity index (χ4n) is 4.61. The van der Waals surface area contributed by atoms with Crippen LogP contribution in [0.25, 0.3) is 5.65 Å². The van der Waals surface area contributed by atoms with E-state index in [-0.39, 0.29) is 29.4 Å². The van der Waals surface area contributed by atoms with Crippen molar-refractivity contribution in [1.82, 2.24) is 24.9 Å². The molecule has 2 N–H and O–H groups in total. The van der Waals surface area contributed by atoms with Crippen molar-refractivity contribution >= 4 is 23.3 Å². The number of nitrogens with zero attached hydrogens (tertiary/aromatic N) is 5. The first-order chi connectivity index (χ1) is 18.4. The van der Waals surface area contributed by atoms with Crippen molar-refractivity contribution in [2.75, 3.05) is 24.6 Å². The normalized spacial score (nSPS) is 14.8. The number of hydrogen-bond donors (Lipinski definition) is 2. The van der Waals surface area contributed by atoms with Gasteiger partial charge >= 0.3 is 5.97 Å². The van der Waals surface area contributed by atoms with Crippen molar-refractivity contribution in [3.05, 3.63) is 83.4 Å². The number of carboxylic acids is 1. The fraction of sp³-hybridized carbons (Fsp3) is 0.321. The number of amides is 1. The van der Waals surface area contributed by atoms with E-state index in [9.17, 15) is 14.7 Å². The second-order valence-corrected chi connectivity index (χ2v) is 9.61. The van der Waals surface area contributed by atoms with Gasteiger partial charge in [0.05, 0.1) is 12.8 Å². The number of piperidine rings is 1. The number of ether oxygens (including phenoxy) is 1. The predicted molar refractivity (Wildman–Crippen MR) is 142 cm³/mol. The smallest absolute Gasteiger partial charge is 0.354 e. The Kier molecular flexibility index (Phi) is 7.21. The largest absolute Gasteiger partial charge is 0.491 e. The second-order valence-electron chi connectivity index (χ2n) is 9.61. The van der Waals surface area contributed by atoms with E-state index in [0.717, 1.165) is 5.56 Å². The number of aromatic nitrogens is 4. The van der Waals surface area contributed by atoms with Crippen molar-refractivity contribution in [2.24, 2.45) is 0 Å². The molecule has 1 amide bonds. The van der Waals surface area contributed by atoms with Crippen LogP contribution in [0.5, 0.6) is 5.75 Å². The Balaban J connectivity index is 1.19. The lowest BCUT2D eigenvalue weighted by molar-refractivity contribution is 0.0690. The fourth-order valence-corrected chi connectivity index (χ4v) is 4.61. The third-order valence-electron chi connectivity index (χ3n) is 6.77. The maximum atomic E-state index is 12.9. The summed E-state index contributed by atoms with van der Waals surface area (Å²) >= 11 is 0. The van der Waals surface area contributed by atoms with Gasteiger partial charge < -0.3 is 20.1 Å². The number of aryl methyl sites for hydroxylation is 1. The Hall–Kier alpha value is -4.47. The van der Waals surface area contributed by atoms with Gasteiger partial charge in [-0.3, -0.25) is 4.79 Å². The summed E-state index contributed by atoms with van der Waals surface area (Å²) in [7, 11) is 0. The summed E-state index contributed by atoms with van der Waals surface area (Å²) in [5.41, 5.74) is 2.70. The Bertz CT molecular complexity index is 1450. The summed E-state index contributed by atoms with van der Waals surface area (Å²) in [5.74, 6) is 0.266. The van der Waals surface area contributed by atoms with Crippen LogP contribution in [0.3, 0.4) is 0 Å². The third-order valence-corrected chi connectivity index (χ3v) is 6.77. The highest BCUT2D eigenvalue weighted by atomic mass is 16.5. The standard InChI is InChI=1S/C28H30N6O4/c1-18-15-22(38-17-19(2)20-7-4-3-5-8-20)16-34-26(18)31-25(32-34)27(35)29-21-11-13-33(14-12-21)24-10-6-9-23(30-24)28(36)37/h3-10,15-16,19,21H,11-14,17H2,1-2H3,(H,29,35)(H,36,37)/t19-/m0/s1. The molecule has 4 heterocycles. The van der Waals surface area contributed by atoms with Crippen molar-refractivity contribution in [1.29, 1.82) is 0 Å². The van der Waals surface area contributed by atoms with E-state index in [1.807, 2.05) is 36.1 Å². The Morgan fingerprint density at radius 2 is 1.87 bits per heavy atom. The SMILES string of the molecule is Cc1cc(OC[C@H](C)c2ccccc2)cn2nc(C(=O)NC3CCN(c4cccc(C(=O)O)n4)CC3)nc12. The van der Waals surface area contributed by atoms with E-state index in [1.54, 1.807) is 22.8 Å². The number of nitrogens with one attached hydrogen (secondary N) is 1. The molecule has 10 nitrogen and oxygen atoms in total. The molecule has 4 aromatic rings. The highest BCUT2D eigenvalue weighted by Crippen LogP contribution is 2.22. The van der Waals surface area contributed by atoms with Gasteiger partial charge in [-0.25, -0.2) is 19.3 Å². The molecule has 0 radical (unpaired) electrons. The van der Waals surface area contributed by atoms with Crippen LogP contribution in [-0.2, 0) is 0 Å². The van der Waals surface area contributed by atoms with Crippen molar-refractivity contribution < 1.29 is 19.4 Å². The van der Waals surface area contributed by atoms with Gasteiger partial charge in [0.15, 0.2) is 11.3 Å². The zero-order valence-corrected chi connectivity index (χ0v) is 21.4. The average Bonchev–Trinajstić information content (AvgIpc) is 3.38. The van der Waals surface area contributed by atoms with Crippen LogP contribution in [-0.4, -0.2) is 62.3 Å². The first kappa shape index (κ1) is 25.2. The minimum Gasteiger partial charge on any atom is -0.491 e. The van der Waals surface area contributed by atoms with E-state index in [1.165, 1.54) is 11.6 Å². The van der Waals surface area contributed by atoms with Gasteiger partial charge in [-0.2, -0.15) is 0 Å². The Labute approximate surface area is 220 Å². The Morgan fingerprint density at radius 1 is 1.11 bits per heavy atom. The molecule has 38 heavy (non-hydrogen) atoms. The lowest BCUT2D eigenvalue weighted by atomic mass is 10.0. The van der Waals surface area contributed by atoms with Gasteiger partial charge in [0.2, 0.25) is 5.82 Å². The number of carbonyl (C=O) groups is 2. The molecule has 0 spiro atoms. The molecule has 196 valence electrons. The van der Waals surface area contributed by atoms with Crippen LogP contribution in [0.4, 0.5) is 5.82 Å².